The maximum Gasteiger partial charge on any atom is 0.0469 e. The quantitative estimate of drug-likeness (QED) is 0.688. The molecule has 1 unspecified atom stereocenters. The molecule has 0 aromatic heterocycles. The molecule has 1 aliphatic rings. The van der Waals surface area contributed by atoms with Crippen LogP contribution < -0.4 is 0 Å². The Morgan fingerprint density at radius 3 is 1.74 bits per heavy atom. The van der Waals surface area contributed by atoms with E-state index in [9.17, 15) is 0 Å². The molecule has 1 aromatic carbocycles. The van der Waals surface area contributed by atoms with Gasteiger partial charge in [0.2, 0.25) is 0 Å². The molecule has 106 valence electrons. The molecule has 1 atom stereocenters. The summed E-state index contributed by atoms with van der Waals surface area (Å²) in [5, 5.41) is 0. The zero-order valence-corrected chi connectivity index (χ0v) is 14.4. The highest BCUT2D eigenvalue weighted by Gasteiger charge is 2.27. The third-order valence-electron chi connectivity index (χ3n) is 5.01. The Hall–Kier alpha value is -0.340. The number of ether oxygens (including phenoxy) is 1. The first-order valence-electron chi connectivity index (χ1n) is 7.23. The van der Waals surface area contributed by atoms with E-state index in [1.165, 1.54) is 46.2 Å². The van der Waals surface area contributed by atoms with Gasteiger partial charge in [-0.05, 0) is 86.8 Å². The lowest BCUT2D eigenvalue weighted by Gasteiger charge is -2.30. The Morgan fingerprint density at radius 1 is 0.842 bits per heavy atom. The molecule has 0 N–H and O–H groups in total. The minimum atomic E-state index is 0.467. The van der Waals surface area contributed by atoms with E-state index in [4.69, 9.17) is 4.74 Å². The molecule has 1 nitrogen and oxygen atoms in total. The summed E-state index contributed by atoms with van der Waals surface area (Å²) in [6.45, 7) is 13.1. The standard InChI is InChI=1S/C17H25BrO/c1-10-11(2)13(4)16(14(5)12(10)3)17(18)15-6-8-19-9-7-15/h15,17H,6-9H2,1-5H3. The molecule has 19 heavy (non-hydrogen) atoms. The molecule has 2 rings (SSSR count). The summed E-state index contributed by atoms with van der Waals surface area (Å²) in [4.78, 5) is 0.467. The summed E-state index contributed by atoms with van der Waals surface area (Å²) in [5.74, 6) is 0.702. The van der Waals surface area contributed by atoms with Gasteiger partial charge < -0.3 is 4.74 Å². The second-order valence-electron chi connectivity index (χ2n) is 5.89. The van der Waals surface area contributed by atoms with E-state index < -0.39 is 0 Å². The summed E-state index contributed by atoms with van der Waals surface area (Å²) in [5.41, 5.74) is 8.81. The molecule has 0 bridgehead atoms. The molecule has 1 aliphatic heterocycles. The van der Waals surface area contributed by atoms with Crippen LogP contribution in [0, 0.1) is 40.5 Å². The van der Waals surface area contributed by atoms with Crippen molar-refractivity contribution in [1.82, 2.24) is 0 Å². The summed E-state index contributed by atoms with van der Waals surface area (Å²) >= 11 is 3.99. The number of halogens is 1. The van der Waals surface area contributed by atoms with Crippen LogP contribution in [-0.2, 0) is 4.74 Å². The van der Waals surface area contributed by atoms with E-state index in [2.05, 4.69) is 50.5 Å². The molecule has 0 saturated carbocycles. The zero-order chi connectivity index (χ0) is 14.2. The topological polar surface area (TPSA) is 9.23 Å². The summed E-state index contributed by atoms with van der Waals surface area (Å²) in [7, 11) is 0. The van der Waals surface area contributed by atoms with E-state index >= 15 is 0 Å². The van der Waals surface area contributed by atoms with E-state index in [0.29, 0.717) is 10.7 Å². The lowest BCUT2D eigenvalue weighted by atomic mass is 9.83. The van der Waals surface area contributed by atoms with Gasteiger partial charge in [0.25, 0.3) is 0 Å². The molecule has 2 heteroatoms. The van der Waals surface area contributed by atoms with Crippen LogP contribution in [-0.4, -0.2) is 13.2 Å². The third-order valence-corrected chi connectivity index (χ3v) is 6.22. The van der Waals surface area contributed by atoms with E-state index in [0.717, 1.165) is 13.2 Å². The minimum Gasteiger partial charge on any atom is -0.381 e. The van der Waals surface area contributed by atoms with E-state index in [1.54, 1.807) is 0 Å². The zero-order valence-electron chi connectivity index (χ0n) is 12.8. The number of benzene rings is 1. The van der Waals surface area contributed by atoms with E-state index in [-0.39, 0.29) is 0 Å². The number of rotatable bonds is 2. The van der Waals surface area contributed by atoms with Crippen LogP contribution in [0.5, 0.6) is 0 Å². The molecule has 1 aromatic rings. The average Bonchev–Trinajstić information content (AvgIpc) is 2.44. The van der Waals surface area contributed by atoms with Crippen LogP contribution in [0.1, 0.15) is 51.0 Å². The minimum absolute atomic E-state index is 0.467. The van der Waals surface area contributed by atoms with Gasteiger partial charge in [0.1, 0.15) is 0 Å². The number of hydrogen-bond donors (Lipinski definition) is 0. The van der Waals surface area contributed by atoms with Gasteiger partial charge in [0.05, 0.1) is 0 Å². The van der Waals surface area contributed by atoms with Crippen LogP contribution in [0.25, 0.3) is 0 Å². The average molecular weight is 325 g/mol. The molecular formula is C17H25BrO. The first-order valence-corrected chi connectivity index (χ1v) is 8.15. The Labute approximate surface area is 125 Å². The number of hydrogen-bond acceptors (Lipinski definition) is 1. The fourth-order valence-corrected chi connectivity index (χ4v) is 4.40. The van der Waals surface area contributed by atoms with Gasteiger partial charge in [-0.1, -0.05) is 15.9 Å². The predicted octanol–water partition coefficient (Wildman–Crippen LogP) is 5.09. The van der Waals surface area contributed by atoms with Gasteiger partial charge in [-0.15, -0.1) is 0 Å². The summed E-state index contributed by atoms with van der Waals surface area (Å²) < 4.78 is 5.49. The highest BCUT2D eigenvalue weighted by molar-refractivity contribution is 9.09. The van der Waals surface area contributed by atoms with Crippen molar-refractivity contribution in [2.75, 3.05) is 13.2 Å². The molecule has 0 spiro atoms. The smallest absolute Gasteiger partial charge is 0.0469 e. The monoisotopic (exact) mass is 324 g/mol. The third kappa shape index (κ3) is 2.75. The Bertz CT molecular complexity index is 444. The fourth-order valence-electron chi connectivity index (χ4n) is 3.19. The maximum absolute atomic E-state index is 5.49. The van der Waals surface area contributed by atoms with E-state index in [1.807, 2.05) is 0 Å². The molecular weight excluding hydrogens is 300 g/mol. The summed E-state index contributed by atoms with van der Waals surface area (Å²) in [6.07, 6.45) is 2.33. The van der Waals surface area contributed by atoms with Crippen molar-refractivity contribution >= 4 is 15.9 Å². The lowest BCUT2D eigenvalue weighted by Crippen LogP contribution is -2.21. The van der Waals surface area contributed by atoms with Crippen LogP contribution in [0.2, 0.25) is 0 Å². The largest absolute Gasteiger partial charge is 0.381 e. The fraction of sp³-hybridized carbons (Fsp3) is 0.647. The lowest BCUT2D eigenvalue weighted by molar-refractivity contribution is 0.0661. The van der Waals surface area contributed by atoms with Gasteiger partial charge >= 0.3 is 0 Å². The second-order valence-corrected chi connectivity index (χ2v) is 6.88. The molecule has 1 saturated heterocycles. The van der Waals surface area contributed by atoms with Crippen molar-refractivity contribution in [3.05, 3.63) is 33.4 Å². The highest BCUT2D eigenvalue weighted by atomic mass is 79.9. The van der Waals surface area contributed by atoms with Gasteiger partial charge in [0, 0.05) is 18.0 Å². The normalized spacial score (nSPS) is 18.6. The molecule has 0 aliphatic carbocycles. The Balaban J connectivity index is 2.43. The van der Waals surface area contributed by atoms with Crippen molar-refractivity contribution in [3.63, 3.8) is 0 Å². The molecule has 1 fully saturated rings. The summed E-state index contributed by atoms with van der Waals surface area (Å²) in [6, 6.07) is 0. The van der Waals surface area contributed by atoms with Crippen LogP contribution >= 0.6 is 15.9 Å². The van der Waals surface area contributed by atoms with Crippen molar-refractivity contribution in [2.45, 2.75) is 52.3 Å². The predicted molar refractivity (Wildman–Crippen MR) is 85.3 cm³/mol. The van der Waals surface area contributed by atoms with Crippen LogP contribution in [0.15, 0.2) is 0 Å². The Morgan fingerprint density at radius 2 is 1.26 bits per heavy atom. The molecule has 0 radical (unpaired) electrons. The van der Waals surface area contributed by atoms with Crippen molar-refractivity contribution < 1.29 is 4.74 Å². The Kier molecular flexibility index (Phi) is 4.73. The maximum atomic E-state index is 5.49. The van der Waals surface area contributed by atoms with Crippen molar-refractivity contribution in [1.29, 1.82) is 0 Å². The number of alkyl halides is 1. The van der Waals surface area contributed by atoms with Crippen LogP contribution in [0.3, 0.4) is 0 Å². The van der Waals surface area contributed by atoms with Crippen molar-refractivity contribution in [3.8, 4) is 0 Å². The first kappa shape index (κ1) is 15.1. The highest BCUT2D eigenvalue weighted by Crippen LogP contribution is 2.42. The second kappa shape index (κ2) is 5.97. The molecule has 1 heterocycles. The molecule has 0 amide bonds. The van der Waals surface area contributed by atoms with Crippen LogP contribution in [0.4, 0.5) is 0 Å². The van der Waals surface area contributed by atoms with Gasteiger partial charge in [0.15, 0.2) is 0 Å². The van der Waals surface area contributed by atoms with Gasteiger partial charge in [-0.2, -0.15) is 0 Å². The van der Waals surface area contributed by atoms with Gasteiger partial charge in [-0.3, -0.25) is 0 Å². The van der Waals surface area contributed by atoms with Gasteiger partial charge in [-0.25, -0.2) is 0 Å². The van der Waals surface area contributed by atoms with Crippen molar-refractivity contribution in [2.24, 2.45) is 5.92 Å². The first-order chi connectivity index (χ1) is 8.95. The SMILES string of the molecule is Cc1c(C)c(C)c(C(Br)C2CCOCC2)c(C)c1C.